The van der Waals surface area contributed by atoms with Crippen LogP contribution in [0.3, 0.4) is 0 Å². The number of benzene rings is 3. The van der Waals surface area contributed by atoms with Gasteiger partial charge in [-0.3, -0.25) is 4.90 Å². The van der Waals surface area contributed by atoms with E-state index in [1.165, 1.54) is 20.8 Å². The molecule has 10 heteroatoms. The molecular formula is C37H44ClN5O3Si. The number of carbonyl (C=O) groups is 1. The molecule has 4 aromatic rings. The smallest absolute Gasteiger partial charge is 0.407 e. The normalized spacial score (nSPS) is 17.4. The van der Waals surface area contributed by atoms with Crippen LogP contribution in [-0.2, 0) is 23.9 Å². The molecule has 2 aliphatic rings. The van der Waals surface area contributed by atoms with E-state index in [9.17, 15) is 9.90 Å². The van der Waals surface area contributed by atoms with Crippen LogP contribution in [0.4, 0.5) is 10.6 Å². The number of hydrogen-bond acceptors (Lipinski definition) is 6. The minimum absolute atomic E-state index is 0.129. The SMILES string of the molecule is CC(C)(C)[Si](OCCC1CN(C(=O)O)CCN1c1nc(Cl)nc2c1CCN(Cc1ccccc1)C2)(c1ccccc1)c1ccccc1. The fourth-order valence-corrected chi connectivity index (χ4v) is 12.1. The number of nitrogens with zero attached hydrogens (tertiary/aromatic N) is 5. The van der Waals surface area contributed by atoms with Gasteiger partial charge in [0.05, 0.1) is 11.7 Å². The van der Waals surface area contributed by atoms with Crippen LogP contribution >= 0.6 is 11.6 Å². The molecule has 0 aliphatic carbocycles. The summed E-state index contributed by atoms with van der Waals surface area (Å²) in [5.41, 5.74) is 3.33. The zero-order valence-corrected chi connectivity index (χ0v) is 29.2. The molecule has 0 bridgehead atoms. The zero-order valence-electron chi connectivity index (χ0n) is 27.5. The summed E-state index contributed by atoms with van der Waals surface area (Å²) >= 11 is 6.59. The van der Waals surface area contributed by atoms with E-state index >= 15 is 0 Å². The van der Waals surface area contributed by atoms with Gasteiger partial charge in [-0.25, -0.2) is 14.8 Å². The third kappa shape index (κ3) is 7.09. The minimum Gasteiger partial charge on any atom is -0.465 e. The maximum absolute atomic E-state index is 12.2. The summed E-state index contributed by atoms with van der Waals surface area (Å²) in [7, 11) is -2.75. The molecule has 0 saturated carbocycles. The number of piperazine rings is 1. The van der Waals surface area contributed by atoms with Crippen molar-refractivity contribution in [2.24, 2.45) is 0 Å². The van der Waals surface area contributed by atoms with Crippen molar-refractivity contribution in [2.45, 2.75) is 57.8 Å². The first-order chi connectivity index (χ1) is 22.7. The molecule has 1 amide bonds. The molecule has 6 rings (SSSR count). The van der Waals surface area contributed by atoms with Crippen molar-refractivity contribution in [1.29, 1.82) is 0 Å². The lowest BCUT2D eigenvalue weighted by Gasteiger charge is -2.45. The Bertz CT molecular complexity index is 1620. The van der Waals surface area contributed by atoms with Gasteiger partial charge in [-0.1, -0.05) is 112 Å². The standard InChI is InChI=1S/C37H44ClN5O3Si/c1-37(2,3)47(30-15-9-5-10-16-30,31-17-11-6-12-18-31)46-24-20-29-26-42(36(44)45)22-23-43(29)34-32-19-21-41(25-28-13-7-4-8-14-28)27-33(32)39-35(38)40-34/h4-18,29H,19-27H2,1-3H3,(H,44,45). The molecule has 1 fully saturated rings. The van der Waals surface area contributed by atoms with Gasteiger partial charge in [0, 0.05) is 51.4 Å². The molecule has 1 saturated heterocycles. The Morgan fingerprint density at radius 3 is 2.13 bits per heavy atom. The summed E-state index contributed by atoms with van der Waals surface area (Å²) in [6, 6.07) is 31.6. The molecule has 8 nitrogen and oxygen atoms in total. The van der Waals surface area contributed by atoms with Crippen molar-refractivity contribution in [3.63, 3.8) is 0 Å². The molecule has 2 aliphatic heterocycles. The number of rotatable bonds is 9. The second kappa shape index (κ2) is 14.2. The summed E-state index contributed by atoms with van der Waals surface area (Å²) < 4.78 is 7.24. The highest BCUT2D eigenvalue weighted by atomic mass is 35.5. The predicted octanol–water partition coefficient (Wildman–Crippen LogP) is 5.82. The largest absolute Gasteiger partial charge is 0.465 e. The number of halogens is 1. The van der Waals surface area contributed by atoms with Crippen LogP contribution in [0, 0.1) is 0 Å². The fraction of sp³-hybridized carbons (Fsp3) is 0.378. The molecule has 0 radical (unpaired) electrons. The molecule has 1 N–H and O–H groups in total. The summed E-state index contributed by atoms with van der Waals surface area (Å²) in [5, 5.41) is 12.5. The van der Waals surface area contributed by atoms with Gasteiger partial charge < -0.3 is 19.3 Å². The van der Waals surface area contributed by atoms with Gasteiger partial charge >= 0.3 is 6.09 Å². The van der Waals surface area contributed by atoms with Gasteiger partial charge in [-0.15, -0.1) is 0 Å². The second-order valence-electron chi connectivity index (χ2n) is 13.6. The zero-order chi connectivity index (χ0) is 33.0. The first-order valence-corrected chi connectivity index (χ1v) is 18.8. The predicted molar refractivity (Wildman–Crippen MR) is 190 cm³/mol. The van der Waals surface area contributed by atoms with E-state index in [1.54, 1.807) is 0 Å². The van der Waals surface area contributed by atoms with E-state index in [2.05, 4.69) is 108 Å². The lowest BCUT2D eigenvalue weighted by molar-refractivity contribution is 0.130. The highest BCUT2D eigenvalue weighted by Crippen LogP contribution is 2.37. The Morgan fingerprint density at radius 2 is 1.53 bits per heavy atom. The van der Waals surface area contributed by atoms with E-state index in [4.69, 9.17) is 21.0 Å². The average molecular weight is 670 g/mol. The molecule has 47 heavy (non-hydrogen) atoms. The summed E-state index contributed by atoms with van der Waals surface area (Å²) in [6.45, 7) is 11.0. The monoisotopic (exact) mass is 669 g/mol. The maximum Gasteiger partial charge on any atom is 0.407 e. The van der Waals surface area contributed by atoms with Gasteiger partial charge in [-0.2, -0.15) is 0 Å². The van der Waals surface area contributed by atoms with Gasteiger partial charge in [0.1, 0.15) is 5.82 Å². The van der Waals surface area contributed by atoms with Gasteiger partial charge in [0.15, 0.2) is 0 Å². The molecule has 246 valence electrons. The molecule has 0 spiro atoms. The van der Waals surface area contributed by atoms with Crippen LogP contribution in [-0.4, -0.2) is 78.1 Å². The maximum atomic E-state index is 12.2. The van der Waals surface area contributed by atoms with Gasteiger partial charge in [0.2, 0.25) is 5.28 Å². The Morgan fingerprint density at radius 1 is 0.915 bits per heavy atom. The van der Waals surface area contributed by atoms with Crippen LogP contribution in [0.2, 0.25) is 10.3 Å². The van der Waals surface area contributed by atoms with Crippen LogP contribution in [0.25, 0.3) is 0 Å². The highest BCUT2D eigenvalue weighted by Gasteiger charge is 2.50. The molecule has 3 aromatic carbocycles. The summed E-state index contributed by atoms with van der Waals surface area (Å²) in [6.07, 6.45) is 0.547. The van der Waals surface area contributed by atoms with Crippen molar-refractivity contribution in [3.8, 4) is 0 Å². The van der Waals surface area contributed by atoms with Crippen LogP contribution in [0.15, 0.2) is 91.0 Å². The molecular weight excluding hydrogens is 626 g/mol. The fourth-order valence-electron chi connectivity index (χ4n) is 7.31. The number of hydrogen-bond donors (Lipinski definition) is 1. The third-order valence-corrected chi connectivity index (χ3v) is 14.8. The van der Waals surface area contributed by atoms with Crippen LogP contribution in [0.5, 0.6) is 0 Å². The van der Waals surface area contributed by atoms with E-state index in [0.29, 0.717) is 39.2 Å². The Kier molecular flexibility index (Phi) is 9.98. The number of anilines is 1. The molecule has 1 aromatic heterocycles. The van der Waals surface area contributed by atoms with Crippen molar-refractivity contribution >= 4 is 42.2 Å². The molecule has 1 atom stereocenters. The quantitative estimate of drug-likeness (QED) is 0.178. The highest BCUT2D eigenvalue weighted by molar-refractivity contribution is 6.99. The van der Waals surface area contributed by atoms with Crippen molar-refractivity contribution < 1.29 is 14.3 Å². The average Bonchev–Trinajstić information content (AvgIpc) is 3.07. The number of amides is 1. The summed E-state index contributed by atoms with van der Waals surface area (Å²) in [5.74, 6) is 0.833. The van der Waals surface area contributed by atoms with Crippen LogP contribution < -0.4 is 15.3 Å². The number of aromatic nitrogens is 2. The first-order valence-electron chi connectivity index (χ1n) is 16.5. The minimum atomic E-state index is -2.75. The van der Waals surface area contributed by atoms with Crippen molar-refractivity contribution in [3.05, 3.63) is 113 Å². The van der Waals surface area contributed by atoms with Gasteiger partial charge in [0.25, 0.3) is 8.32 Å². The van der Waals surface area contributed by atoms with Crippen LogP contribution in [0.1, 0.15) is 44.0 Å². The van der Waals surface area contributed by atoms with Gasteiger partial charge in [-0.05, 0) is 45.4 Å². The van der Waals surface area contributed by atoms with Crippen molar-refractivity contribution in [2.75, 3.05) is 37.7 Å². The van der Waals surface area contributed by atoms with E-state index in [0.717, 1.165) is 36.6 Å². The Balaban J connectivity index is 1.28. The molecule has 3 heterocycles. The third-order valence-electron chi connectivity index (χ3n) is 9.56. The van der Waals surface area contributed by atoms with E-state index < -0.39 is 14.4 Å². The Hall–Kier alpha value is -3.76. The van der Waals surface area contributed by atoms with E-state index in [1.807, 2.05) is 18.2 Å². The first kappa shape index (κ1) is 33.1. The number of carboxylic acid groups (broad SMARTS) is 1. The molecule has 1 unspecified atom stereocenters. The number of fused-ring (bicyclic) bond motifs is 1. The Labute approximate surface area is 284 Å². The van der Waals surface area contributed by atoms with Crippen molar-refractivity contribution in [1.82, 2.24) is 19.8 Å². The summed E-state index contributed by atoms with van der Waals surface area (Å²) in [4.78, 5) is 27.8. The van der Waals surface area contributed by atoms with E-state index in [-0.39, 0.29) is 16.4 Å². The second-order valence-corrected chi connectivity index (χ2v) is 18.2. The lowest BCUT2D eigenvalue weighted by atomic mass is 10.0. The topological polar surface area (TPSA) is 82.0 Å². The lowest BCUT2D eigenvalue weighted by Crippen LogP contribution is -2.67.